The molecule has 23 heavy (non-hydrogen) atoms. The molecule has 1 heterocycles. The maximum Gasteiger partial charge on any atom is 0.193 e. The minimum absolute atomic E-state index is 0.186. The fourth-order valence-corrected chi connectivity index (χ4v) is 3.21. The molecule has 0 saturated heterocycles. The van der Waals surface area contributed by atoms with E-state index in [2.05, 4.69) is 15.9 Å². The van der Waals surface area contributed by atoms with Crippen LogP contribution < -0.4 is 14.9 Å². The molecule has 0 fully saturated rings. The summed E-state index contributed by atoms with van der Waals surface area (Å²) in [6, 6.07) is 9.97. The summed E-state index contributed by atoms with van der Waals surface area (Å²) in [7, 11) is 3.13. The van der Waals surface area contributed by atoms with Crippen molar-refractivity contribution >= 4 is 38.5 Å². The van der Waals surface area contributed by atoms with E-state index in [0.29, 0.717) is 43.3 Å². The van der Waals surface area contributed by atoms with Crippen LogP contribution in [0.3, 0.4) is 0 Å². The molecular formula is C17H12BrClO4. The molecule has 6 heteroatoms. The Morgan fingerprint density at radius 3 is 2.57 bits per heavy atom. The Hall–Kier alpha value is -1.98. The highest BCUT2D eigenvalue weighted by atomic mass is 79.9. The summed E-state index contributed by atoms with van der Waals surface area (Å²) < 4.78 is 17.1. The van der Waals surface area contributed by atoms with Crippen LogP contribution >= 0.6 is 27.5 Å². The van der Waals surface area contributed by atoms with Crippen LogP contribution in [0.15, 0.2) is 50.1 Å². The van der Waals surface area contributed by atoms with E-state index in [4.69, 9.17) is 25.5 Å². The molecule has 0 aliphatic heterocycles. The van der Waals surface area contributed by atoms with Gasteiger partial charge in [-0.25, -0.2) is 0 Å². The van der Waals surface area contributed by atoms with Gasteiger partial charge in [0, 0.05) is 11.1 Å². The van der Waals surface area contributed by atoms with Crippen LogP contribution in [0.4, 0.5) is 0 Å². The number of halogens is 2. The van der Waals surface area contributed by atoms with Gasteiger partial charge in [0.05, 0.1) is 29.6 Å². The Bertz CT molecular complexity index is 949. The summed E-state index contributed by atoms with van der Waals surface area (Å²) in [5.74, 6) is 1.61. The van der Waals surface area contributed by atoms with Crippen molar-refractivity contribution in [3.63, 3.8) is 0 Å². The number of ether oxygens (including phenoxy) is 2. The van der Waals surface area contributed by atoms with Crippen LogP contribution in [0.2, 0.25) is 5.02 Å². The second kappa shape index (κ2) is 6.26. The highest BCUT2D eigenvalue weighted by Gasteiger charge is 2.15. The summed E-state index contributed by atoms with van der Waals surface area (Å²) in [6.45, 7) is 0. The molecule has 0 radical (unpaired) electrons. The van der Waals surface area contributed by atoms with E-state index in [1.165, 1.54) is 6.07 Å². The number of methoxy groups -OCH3 is 2. The van der Waals surface area contributed by atoms with Gasteiger partial charge in [0.2, 0.25) is 0 Å². The van der Waals surface area contributed by atoms with E-state index in [1.54, 1.807) is 44.6 Å². The molecule has 0 saturated carbocycles. The van der Waals surface area contributed by atoms with Gasteiger partial charge < -0.3 is 13.9 Å². The lowest BCUT2D eigenvalue weighted by Gasteiger charge is -2.11. The molecule has 0 aliphatic carbocycles. The van der Waals surface area contributed by atoms with Crippen molar-refractivity contribution in [2.75, 3.05) is 14.2 Å². The van der Waals surface area contributed by atoms with Gasteiger partial charge in [-0.15, -0.1) is 0 Å². The lowest BCUT2D eigenvalue weighted by atomic mass is 10.1. The molecular weight excluding hydrogens is 384 g/mol. The third kappa shape index (κ3) is 2.94. The zero-order chi connectivity index (χ0) is 16.6. The third-order valence-electron chi connectivity index (χ3n) is 3.42. The molecule has 4 nitrogen and oxygen atoms in total. The molecule has 0 bridgehead atoms. The Morgan fingerprint density at radius 2 is 1.87 bits per heavy atom. The molecule has 118 valence electrons. The maximum absolute atomic E-state index is 12.4. The molecule has 1 aromatic heterocycles. The van der Waals surface area contributed by atoms with Crippen molar-refractivity contribution in [3.05, 3.63) is 56.1 Å². The van der Waals surface area contributed by atoms with Crippen molar-refractivity contribution in [2.24, 2.45) is 0 Å². The summed E-state index contributed by atoms with van der Waals surface area (Å²) in [4.78, 5) is 12.4. The topological polar surface area (TPSA) is 48.7 Å². The fourth-order valence-electron chi connectivity index (χ4n) is 2.32. The molecule has 3 aromatic rings. The Morgan fingerprint density at radius 1 is 1.09 bits per heavy atom. The van der Waals surface area contributed by atoms with Crippen LogP contribution in [0.1, 0.15) is 0 Å². The number of hydrogen-bond donors (Lipinski definition) is 0. The first-order chi connectivity index (χ1) is 11.0. The van der Waals surface area contributed by atoms with Crippen molar-refractivity contribution in [1.29, 1.82) is 0 Å². The number of fused-ring (bicyclic) bond motifs is 1. The Kier molecular flexibility index (Phi) is 4.33. The lowest BCUT2D eigenvalue weighted by molar-refractivity contribution is 0.403. The van der Waals surface area contributed by atoms with E-state index >= 15 is 0 Å². The van der Waals surface area contributed by atoms with Gasteiger partial charge in [0.25, 0.3) is 0 Å². The van der Waals surface area contributed by atoms with Crippen molar-refractivity contribution in [2.45, 2.75) is 0 Å². The van der Waals surface area contributed by atoms with E-state index in [9.17, 15) is 4.79 Å². The van der Waals surface area contributed by atoms with Gasteiger partial charge in [-0.2, -0.15) is 0 Å². The third-order valence-corrected chi connectivity index (χ3v) is 4.23. The summed E-state index contributed by atoms with van der Waals surface area (Å²) >= 11 is 9.37. The van der Waals surface area contributed by atoms with E-state index in [1.807, 2.05) is 0 Å². The quantitative estimate of drug-likeness (QED) is 0.633. The van der Waals surface area contributed by atoms with Gasteiger partial charge >= 0.3 is 0 Å². The van der Waals surface area contributed by atoms with Gasteiger partial charge in [-0.1, -0.05) is 11.6 Å². The van der Waals surface area contributed by atoms with Crippen molar-refractivity contribution in [3.8, 4) is 22.8 Å². The monoisotopic (exact) mass is 394 g/mol. The minimum Gasteiger partial charge on any atom is -0.497 e. The predicted octanol–water partition coefficient (Wildman–Crippen LogP) is 4.89. The fraction of sp³-hybridized carbons (Fsp3) is 0.118. The van der Waals surface area contributed by atoms with E-state index in [-0.39, 0.29) is 5.43 Å². The Labute approximate surface area is 145 Å². The standard InChI is InChI=1S/C17H12BrClO4/c1-21-10-3-4-15(22-2)12(7-10)16-8-14(20)11-5-9(19)6-13(18)17(11)23-16/h3-8H,1-2H3. The van der Waals surface area contributed by atoms with Crippen molar-refractivity contribution in [1.82, 2.24) is 0 Å². The van der Waals surface area contributed by atoms with Crippen LogP contribution in [0.5, 0.6) is 11.5 Å². The van der Waals surface area contributed by atoms with Gasteiger partial charge in [-0.3, -0.25) is 4.79 Å². The molecule has 3 rings (SSSR count). The molecule has 0 atom stereocenters. The summed E-state index contributed by atoms with van der Waals surface area (Å²) in [5, 5.41) is 0.873. The van der Waals surface area contributed by atoms with Gasteiger partial charge in [0.15, 0.2) is 11.0 Å². The average molecular weight is 396 g/mol. The second-order valence-electron chi connectivity index (χ2n) is 4.81. The first kappa shape index (κ1) is 15.9. The lowest BCUT2D eigenvalue weighted by Crippen LogP contribution is -2.01. The first-order valence-electron chi connectivity index (χ1n) is 6.69. The van der Waals surface area contributed by atoms with Crippen LogP contribution in [0.25, 0.3) is 22.3 Å². The van der Waals surface area contributed by atoms with Crippen LogP contribution in [-0.4, -0.2) is 14.2 Å². The normalized spacial score (nSPS) is 10.8. The minimum atomic E-state index is -0.186. The van der Waals surface area contributed by atoms with Gasteiger partial charge in [0.1, 0.15) is 17.3 Å². The predicted molar refractivity (Wildman–Crippen MR) is 93.7 cm³/mol. The number of hydrogen-bond acceptors (Lipinski definition) is 4. The second-order valence-corrected chi connectivity index (χ2v) is 6.10. The number of benzene rings is 2. The highest BCUT2D eigenvalue weighted by molar-refractivity contribution is 9.10. The van der Waals surface area contributed by atoms with Crippen LogP contribution in [0, 0.1) is 0 Å². The zero-order valence-electron chi connectivity index (χ0n) is 12.4. The number of rotatable bonds is 3. The summed E-state index contributed by atoms with van der Waals surface area (Å²) in [5.41, 5.74) is 0.879. The first-order valence-corrected chi connectivity index (χ1v) is 7.86. The smallest absolute Gasteiger partial charge is 0.193 e. The molecule has 0 amide bonds. The Balaban J connectivity index is 2.31. The van der Waals surface area contributed by atoms with E-state index < -0.39 is 0 Å². The SMILES string of the molecule is COc1ccc(OC)c(-c2cc(=O)c3cc(Cl)cc(Br)c3o2)c1. The summed E-state index contributed by atoms with van der Waals surface area (Å²) in [6.07, 6.45) is 0. The molecule has 0 N–H and O–H groups in total. The molecule has 0 aliphatic rings. The molecule has 0 unspecified atom stereocenters. The van der Waals surface area contributed by atoms with E-state index in [0.717, 1.165) is 0 Å². The van der Waals surface area contributed by atoms with Crippen molar-refractivity contribution < 1.29 is 13.9 Å². The average Bonchev–Trinajstić information content (AvgIpc) is 2.55. The van der Waals surface area contributed by atoms with Crippen LogP contribution in [-0.2, 0) is 0 Å². The zero-order valence-corrected chi connectivity index (χ0v) is 14.7. The molecule has 2 aromatic carbocycles. The largest absolute Gasteiger partial charge is 0.497 e. The van der Waals surface area contributed by atoms with Gasteiger partial charge in [-0.05, 0) is 46.3 Å². The molecule has 0 spiro atoms. The maximum atomic E-state index is 12.4. The highest BCUT2D eigenvalue weighted by Crippen LogP contribution is 2.35.